The molecule has 1 atom stereocenters. The number of H-pyrrole nitrogens is 1. The molecule has 0 saturated carbocycles. The van der Waals surface area contributed by atoms with E-state index in [9.17, 15) is 13.6 Å². The molecule has 0 fully saturated rings. The van der Waals surface area contributed by atoms with Crippen LogP contribution in [0.15, 0.2) is 53.7 Å². The maximum Gasteiger partial charge on any atom is 0.410 e. The van der Waals surface area contributed by atoms with E-state index in [2.05, 4.69) is 4.98 Å². The molecule has 0 radical (unpaired) electrons. The number of alkyl halides is 1. The van der Waals surface area contributed by atoms with Crippen molar-refractivity contribution in [3.8, 4) is 0 Å². The normalized spacial score (nSPS) is 19.2. The molecule has 1 aliphatic carbocycles. The Labute approximate surface area is 176 Å². The van der Waals surface area contributed by atoms with Crippen LogP contribution in [-0.2, 0) is 11.2 Å². The van der Waals surface area contributed by atoms with Gasteiger partial charge in [-0.1, -0.05) is 17.7 Å². The van der Waals surface area contributed by atoms with E-state index in [0.29, 0.717) is 23.6 Å². The Bertz CT molecular complexity index is 1060. The first-order valence-electron chi connectivity index (χ1n) is 9.20. The Balaban J connectivity index is 1.83. The molecule has 0 spiro atoms. The molecule has 2 aromatic rings. The topological polar surface area (TPSA) is 45.3 Å². The van der Waals surface area contributed by atoms with E-state index in [1.807, 2.05) is 12.1 Å². The van der Waals surface area contributed by atoms with Gasteiger partial charge in [0.15, 0.2) is 0 Å². The molecule has 0 bridgehead atoms. The Morgan fingerprint density at radius 3 is 2.93 bits per heavy atom. The second kappa shape index (κ2) is 8.20. The van der Waals surface area contributed by atoms with Gasteiger partial charge in [-0.15, -0.1) is 11.6 Å². The Morgan fingerprint density at radius 1 is 1.31 bits per heavy atom. The van der Waals surface area contributed by atoms with Gasteiger partial charge in [-0.05, 0) is 41.8 Å². The van der Waals surface area contributed by atoms with Crippen molar-refractivity contribution < 1.29 is 18.3 Å². The van der Waals surface area contributed by atoms with Crippen LogP contribution < -0.4 is 0 Å². The molecule has 1 amide bonds. The van der Waals surface area contributed by atoms with Gasteiger partial charge >= 0.3 is 6.09 Å². The summed E-state index contributed by atoms with van der Waals surface area (Å²) >= 11 is 11.8. The second-order valence-corrected chi connectivity index (χ2v) is 7.70. The van der Waals surface area contributed by atoms with Gasteiger partial charge in [-0.3, -0.25) is 4.90 Å². The summed E-state index contributed by atoms with van der Waals surface area (Å²) in [5.41, 5.74) is 3.09. The van der Waals surface area contributed by atoms with Gasteiger partial charge in [0.2, 0.25) is 0 Å². The number of carbonyl (C=O) groups excluding carboxylic acids is 1. The smallest absolute Gasteiger partial charge is 0.410 e. The summed E-state index contributed by atoms with van der Waals surface area (Å²) in [6.07, 6.45) is 3.68. The molecule has 8 heteroatoms. The number of rotatable bonds is 3. The average Bonchev–Trinajstić information content (AvgIpc) is 2.96. The van der Waals surface area contributed by atoms with Gasteiger partial charge in [-0.25, -0.2) is 13.6 Å². The molecule has 1 aliphatic heterocycles. The largest absolute Gasteiger partial charge is 0.448 e. The van der Waals surface area contributed by atoms with Crippen LogP contribution in [0.2, 0.25) is 5.02 Å². The van der Waals surface area contributed by atoms with E-state index in [1.165, 1.54) is 11.0 Å². The number of halogens is 4. The molecule has 152 valence electrons. The molecule has 1 aromatic carbocycles. The fraction of sp³-hybridized carbons (Fsp3) is 0.286. The van der Waals surface area contributed by atoms with Crippen LogP contribution in [0, 0.1) is 0 Å². The van der Waals surface area contributed by atoms with Gasteiger partial charge < -0.3 is 9.72 Å². The van der Waals surface area contributed by atoms with Crippen LogP contribution in [0.5, 0.6) is 0 Å². The minimum absolute atomic E-state index is 0.0539. The van der Waals surface area contributed by atoms with E-state index in [-0.39, 0.29) is 18.9 Å². The third kappa shape index (κ3) is 3.91. The minimum Gasteiger partial charge on any atom is -0.448 e. The summed E-state index contributed by atoms with van der Waals surface area (Å²) in [6.45, 7) is 0.430. The van der Waals surface area contributed by atoms with Crippen molar-refractivity contribution in [1.29, 1.82) is 0 Å². The minimum atomic E-state index is -0.702. The van der Waals surface area contributed by atoms with Crippen molar-refractivity contribution in [2.24, 2.45) is 0 Å². The highest BCUT2D eigenvalue weighted by atomic mass is 35.5. The summed E-state index contributed by atoms with van der Waals surface area (Å²) in [5, 5.41) is 1.56. The number of amides is 1. The van der Waals surface area contributed by atoms with Crippen molar-refractivity contribution in [3.63, 3.8) is 0 Å². The van der Waals surface area contributed by atoms with Crippen molar-refractivity contribution in [2.45, 2.75) is 18.9 Å². The number of hydrogen-bond donors (Lipinski definition) is 1. The zero-order chi connectivity index (χ0) is 20.5. The molecule has 1 unspecified atom stereocenters. The molecule has 1 N–H and O–H groups in total. The van der Waals surface area contributed by atoms with E-state index in [4.69, 9.17) is 27.9 Å². The van der Waals surface area contributed by atoms with Gasteiger partial charge in [0, 0.05) is 40.7 Å². The lowest BCUT2D eigenvalue weighted by molar-refractivity contribution is 0.0936. The molecular weight excluding hydrogens is 421 g/mol. The van der Waals surface area contributed by atoms with Crippen LogP contribution in [0.1, 0.15) is 23.7 Å². The number of aromatic nitrogens is 1. The summed E-state index contributed by atoms with van der Waals surface area (Å²) in [4.78, 5) is 17.6. The highest BCUT2D eigenvalue weighted by molar-refractivity contribution is 6.31. The lowest BCUT2D eigenvalue weighted by atomic mass is 9.92. The Hall–Kier alpha value is -2.31. The first-order chi connectivity index (χ1) is 14.0. The fourth-order valence-corrected chi connectivity index (χ4v) is 4.14. The predicted molar refractivity (Wildman–Crippen MR) is 110 cm³/mol. The van der Waals surface area contributed by atoms with E-state index >= 15 is 0 Å². The van der Waals surface area contributed by atoms with E-state index in [1.54, 1.807) is 12.1 Å². The monoisotopic (exact) mass is 438 g/mol. The summed E-state index contributed by atoms with van der Waals surface area (Å²) < 4.78 is 33.2. The van der Waals surface area contributed by atoms with Gasteiger partial charge in [-0.2, -0.15) is 0 Å². The van der Waals surface area contributed by atoms with Crippen LogP contribution in [0.25, 0.3) is 10.9 Å². The van der Waals surface area contributed by atoms with Crippen molar-refractivity contribution in [2.75, 3.05) is 19.0 Å². The molecule has 4 rings (SSSR count). The first-order valence-corrected chi connectivity index (χ1v) is 10.1. The predicted octanol–water partition coefficient (Wildman–Crippen LogP) is 6.13. The van der Waals surface area contributed by atoms with Gasteiger partial charge in [0.05, 0.1) is 5.88 Å². The maximum atomic E-state index is 14.2. The van der Waals surface area contributed by atoms with Crippen LogP contribution >= 0.6 is 23.2 Å². The lowest BCUT2D eigenvalue weighted by Gasteiger charge is -2.35. The number of hydrogen-bond acceptors (Lipinski definition) is 2. The van der Waals surface area contributed by atoms with Crippen molar-refractivity contribution in [1.82, 2.24) is 9.88 Å². The lowest BCUT2D eigenvalue weighted by Crippen LogP contribution is -2.41. The molecule has 2 aliphatic rings. The van der Waals surface area contributed by atoms with Crippen LogP contribution in [-0.4, -0.2) is 35.0 Å². The third-order valence-corrected chi connectivity index (χ3v) is 5.46. The fourth-order valence-electron chi connectivity index (χ4n) is 3.89. The molecule has 1 aromatic heterocycles. The number of nitrogens with one attached hydrogen (secondary N) is 1. The zero-order valence-electron chi connectivity index (χ0n) is 15.4. The Morgan fingerprint density at radius 2 is 2.14 bits per heavy atom. The van der Waals surface area contributed by atoms with Gasteiger partial charge in [0.1, 0.15) is 24.3 Å². The molecule has 4 nitrogen and oxygen atoms in total. The number of allylic oxidation sites excluding steroid dienone is 4. The van der Waals surface area contributed by atoms with Crippen LogP contribution in [0.3, 0.4) is 0 Å². The zero-order valence-corrected chi connectivity index (χ0v) is 16.9. The quantitative estimate of drug-likeness (QED) is 0.585. The molecular formula is C21H18Cl2F2N2O2. The number of nitrogens with zero attached hydrogens (tertiary/aromatic N) is 1. The number of aromatic amines is 1. The third-order valence-electron chi connectivity index (χ3n) is 5.07. The Kier molecular flexibility index (Phi) is 5.65. The number of carbonyl (C=O) groups is 1. The second-order valence-electron chi connectivity index (χ2n) is 6.89. The number of benzene rings is 1. The SMILES string of the molecule is O=C(OCCCl)N1CCc2c([nH]c3ccc(Cl)cc23)C1C1=CCC(F)=CC(F)=C1. The molecule has 29 heavy (non-hydrogen) atoms. The first kappa shape index (κ1) is 20.0. The summed E-state index contributed by atoms with van der Waals surface area (Å²) in [7, 11) is 0. The van der Waals surface area contributed by atoms with E-state index in [0.717, 1.165) is 28.2 Å². The standard InChI is InChI=1S/C21H18Cl2F2N2O2/c22-6-8-29-21(28)27-7-5-16-17-10-13(23)2-4-18(17)26-19(16)20(27)12-1-3-14(24)11-15(25)9-12/h1-2,4,9-11,20,26H,3,5-8H2. The van der Waals surface area contributed by atoms with E-state index < -0.39 is 23.8 Å². The number of fused-ring (bicyclic) bond motifs is 3. The number of ether oxygens (including phenoxy) is 1. The molecule has 2 heterocycles. The summed E-state index contributed by atoms with van der Waals surface area (Å²) in [5.74, 6) is -1.11. The van der Waals surface area contributed by atoms with Crippen LogP contribution in [0.4, 0.5) is 13.6 Å². The van der Waals surface area contributed by atoms with Crippen molar-refractivity contribution in [3.05, 3.63) is 69.9 Å². The summed E-state index contributed by atoms with van der Waals surface area (Å²) in [6, 6.07) is 4.86. The molecule has 0 saturated heterocycles. The van der Waals surface area contributed by atoms with Crippen molar-refractivity contribution >= 4 is 40.2 Å². The van der Waals surface area contributed by atoms with Gasteiger partial charge in [0.25, 0.3) is 0 Å². The highest BCUT2D eigenvalue weighted by Gasteiger charge is 2.36. The maximum absolute atomic E-state index is 14.2. The highest BCUT2D eigenvalue weighted by Crippen LogP contribution is 2.41. The average molecular weight is 439 g/mol.